The number of aromatic nitrogens is 3. The molecule has 4 heterocycles. The van der Waals surface area contributed by atoms with E-state index in [1.165, 1.54) is 27.9 Å². The molecule has 4 rings (SSSR count). The Morgan fingerprint density at radius 3 is 2.83 bits per heavy atom. The lowest BCUT2D eigenvalue weighted by atomic mass is 9.82. The highest BCUT2D eigenvalue weighted by molar-refractivity contribution is 7.11. The maximum Gasteiger partial charge on any atom is 0.102 e. The molecule has 1 saturated heterocycles. The van der Waals surface area contributed by atoms with E-state index in [4.69, 9.17) is 4.74 Å². The Morgan fingerprint density at radius 1 is 1.27 bits per heavy atom. The lowest BCUT2D eigenvalue weighted by Gasteiger charge is -2.38. The number of aryl methyl sites for hydroxylation is 3. The molecule has 0 aliphatic carbocycles. The fraction of sp³-hybridized carbons (Fsp3) is 0.583. The number of hydrogen-bond acceptors (Lipinski definition) is 5. The number of likely N-dealkylation sites (tertiary alicyclic amines) is 1. The fourth-order valence-corrected chi connectivity index (χ4v) is 5.69. The van der Waals surface area contributed by atoms with Crippen molar-refractivity contribution in [3.63, 3.8) is 0 Å². The van der Waals surface area contributed by atoms with Crippen LogP contribution in [0, 0.1) is 12.3 Å². The highest BCUT2D eigenvalue weighted by atomic mass is 32.1. The molecular formula is C24H34N4OS. The van der Waals surface area contributed by atoms with Crippen molar-refractivity contribution in [1.82, 2.24) is 19.4 Å². The van der Waals surface area contributed by atoms with Gasteiger partial charge in [-0.25, -0.2) is 4.98 Å². The average Bonchev–Trinajstić information content (AvgIpc) is 3.43. The van der Waals surface area contributed by atoms with Gasteiger partial charge in [-0.05, 0) is 65.1 Å². The summed E-state index contributed by atoms with van der Waals surface area (Å²) in [5, 5.41) is 2.24. The van der Waals surface area contributed by atoms with Crippen LogP contribution < -0.4 is 0 Å². The Labute approximate surface area is 184 Å². The minimum atomic E-state index is -0.0359. The van der Waals surface area contributed by atoms with Crippen molar-refractivity contribution in [2.24, 2.45) is 12.5 Å². The second-order valence-corrected chi connectivity index (χ2v) is 10.3. The first kappa shape index (κ1) is 21.5. The summed E-state index contributed by atoms with van der Waals surface area (Å²) in [6.07, 6.45) is 7.34. The Morgan fingerprint density at radius 2 is 2.10 bits per heavy atom. The van der Waals surface area contributed by atoms with E-state index in [2.05, 4.69) is 64.8 Å². The normalized spacial score (nSPS) is 20.4. The molecule has 0 aromatic carbocycles. The molecule has 0 unspecified atom stereocenters. The molecule has 5 nitrogen and oxygen atoms in total. The topological polar surface area (TPSA) is 43.2 Å². The summed E-state index contributed by atoms with van der Waals surface area (Å²) >= 11 is 1.85. The molecule has 3 aromatic heterocycles. The van der Waals surface area contributed by atoms with Gasteiger partial charge in [-0.3, -0.25) is 9.88 Å². The lowest BCUT2D eigenvalue weighted by Crippen LogP contribution is -2.42. The van der Waals surface area contributed by atoms with E-state index in [0.717, 1.165) is 44.8 Å². The van der Waals surface area contributed by atoms with E-state index in [0.29, 0.717) is 0 Å². The predicted molar refractivity (Wildman–Crippen MR) is 124 cm³/mol. The van der Waals surface area contributed by atoms with Crippen LogP contribution in [0.2, 0.25) is 0 Å². The highest BCUT2D eigenvalue weighted by Crippen LogP contribution is 2.42. The molecule has 30 heavy (non-hydrogen) atoms. The van der Waals surface area contributed by atoms with Crippen LogP contribution in [0.4, 0.5) is 0 Å². The van der Waals surface area contributed by atoms with Crippen molar-refractivity contribution in [3.8, 4) is 0 Å². The largest absolute Gasteiger partial charge is 0.381 e. The van der Waals surface area contributed by atoms with Crippen molar-refractivity contribution in [2.75, 3.05) is 26.3 Å². The number of fused-ring (bicyclic) bond motifs is 1. The first-order chi connectivity index (χ1) is 14.3. The quantitative estimate of drug-likeness (QED) is 0.512. The molecule has 162 valence electrons. The number of ether oxygens (including phenoxy) is 1. The van der Waals surface area contributed by atoms with Gasteiger partial charge in [0.05, 0.1) is 18.5 Å². The summed E-state index contributed by atoms with van der Waals surface area (Å²) in [5.74, 6) is 0. The molecule has 0 spiro atoms. The minimum absolute atomic E-state index is 0.0359. The predicted octanol–water partition coefficient (Wildman–Crippen LogP) is 4.93. The number of nitrogens with zero attached hydrogens (tertiary/aromatic N) is 4. The standard InChI is InChI=1S/C24H34N4OS/c1-6-29-16-24(10-9-21-22-20(14-30-21)27(5)17-26-22)11-12-28(15-24)23(3,4)19-8-7-18(2)25-13-19/h7-8,13-14,17H,6,9-12,15-16H2,1-5H3/t24-/m1/s1. The van der Waals surface area contributed by atoms with E-state index in [-0.39, 0.29) is 11.0 Å². The van der Waals surface area contributed by atoms with Gasteiger partial charge < -0.3 is 9.30 Å². The maximum atomic E-state index is 6.01. The number of imidazole rings is 1. The molecular weight excluding hydrogens is 392 g/mol. The Bertz CT molecular complexity index is 990. The van der Waals surface area contributed by atoms with Gasteiger partial charge in [0.15, 0.2) is 0 Å². The molecule has 1 atom stereocenters. The molecule has 1 aliphatic heterocycles. The summed E-state index contributed by atoms with van der Waals surface area (Å²) < 4.78 is 8.12. The van der Waals surface area contributed by atoms with Gasteiger partial charge >= 0.3 is 0 Å². The summed E-state index contributed by atoms with van der Waals surface area (Å²) in [4.78, 5) is 13.2. The van der Waals surface area contributed by atoms with Crippen LogP contribution in [-0.4, -0.2) is 45.7 Å². The first-order valence-electron chi connectivity index (χ1n) is 11.0. The number of pyridine rings is 1. The molecule has 6 heteroatoms. The van der Waals surface area contributed by atoms with Gasteiger partial charge in [-0.15, -0.1) is 11.3 Å². The highest BCUT2D eigenvalue weighted by Gasteiger charge is 2.43. The van der Waals surface area contributed by atoms with Crippen LogP contribution in [0.25, 0.3) is 11.0 Å². The molecule has 0 amide bonds. The third-order valence-corrected chi connectivity index (χ3v) is 7.92. The van der Waals surface area contributed by atoms with Crippen molar-refractivity contribution in [1.29, 1.82) is 0 Å². The van der Waals surface area contributed by atoms with Crippen molar-refractivity contribution in [2.45, 2.75) is 52.5 Å². The van der Waals surface area contributed by atoms with E-state index in [9.17, 15) is 0 Å². The molecule has 1 fully saturated rings. The Kier molecular flexibility index (Phi) is 6.02. The van der Waals surface area contributed by atoms with E-state index in [1.54, 1.807) is 0 Å². The van der Waals surface area contributed by atoms with Crippen LogP contribution >= 0.6 is 11.3 Å². The molecule has 1 aliphatic rings. The van der Waals surface area contributed by atoms with E-state index < -0.39 is 0 Å². The van der Waals surface area contributed by atoms with E-state index >= 15 is 0 Å². The SMILES string of the molecule is CCOC[C@]1(CCc2scc3c2ncn3C)CCN(C(C)(C)c2ccc(C)nc2)C1. The second-order valence-electron chi connectivity index (χ2n) is 9.30. The number of hydrogen-bond donors (Lipinski definition) is 0. The lowest BCUT2D eigenvalue weighted by molar-refractivity contribution is 0.0386. The Hall–Kier alpha value is -1.76. The number of rotatable bonds is 8. The van der Waals surface area contributed by atoms with Crippen molar-refractivity contribution >= 4 is 22.4 Å². The van der Waals surface area contributed by atoms with Crippen molar-refractivity contribution in [3.05, 3.63) is 46.2 Å². The summed E-state index contributed by atoms with van der Waals surface area (Å²) in [5.41, 5.74) is 4.93. The zero-order chi connectivity index (χ0) is 21.4. The van der Waals surface area contributed by atoms with Gasteiger partial charge in [0.2, 0.25) is 0 Å². The van der Waals surface area contributed by atoms with Crippen LogP contribution in [0.5, 0.6) is 0 Å². The molecule has 0 saturated carbocycles. The summed E-state index contributed by atoms with van der Waals surface area (Å²) in [6, 6.07) is 4.35. The van der Waals surface area contributed by atoms with Gasteiger partial charge in [0, 0.05) is 53.3 Å². The van der Waals surface area contributed by atoms with Crippen molar-refractivity contribution < 1.29 is 4.74 Å². The summed E-state index contributed by atoms with van der Waals surface area (Å²) in [6.45, 7) is 12.6. The zero-order valence-electron chi connectivity index (χ0n) is 18.9. The molecule has 0 radical (unpaired) electrons. The van der Waals surface area contributed by atoms with Gasteiger partial charge in [-0.2, -0.15) is 0 Å². The summed E-state index contributed by atoms with van der Waals surface area (Å²) in [7, 11) is 2.07. The molecule has 3 aromatic rings. The molecule has 0 N–H and O–H groups in total. The third-order valence-electron chi connectivity index (χ3n) is 6.90. The van der Waals surface area contributed by atoms with Gasteiger partial charge in [0.1, 0.15) is 5.52 Å². The van der Waals surface area contributed by atoms with E-state index in [1.807, 2.05) is 30.8 Å². The number of thiophene rings is 1. The monoisotopic (exact) mass is 426 g/mol. The van der Waals surface area contributed by atoms with Crippen LogP contribution in [0.3, 0.4) is 0 Å². The van der Waals surface area contributed by atoms with Crippen LogP contribution in [0.1, 0.15) is 49.7 Å². The van der Waals surface area contributed by atoms with Gasteiger partial charge in [0.25, 0.3) is 0 Å². The van der Waals surface area contributed by atoms with Crippen LogP contribution in [0.15, 0.2) is 30.0 Å². The third kappa shape index (κ3) is 4.05. The average molecular weight is 427 g/mol. The smallest absolute Gasteiger partial charge is 0.102 e. The fourth-order valence-electron chi connectivity index (χ4n) is 4.67. The second kappa shape index (κ2) is 8.40. The van der Waals surface area contributed by atoms with Crippen LogP contribution in [-0.2, 0) is 23.7 Å². The zero-order valence-corrected chi connectivity index (χ0v) is 19.8. The first-order valence-corrected chi connectivity index (χ1v) is 11.9. The Balaban J connectivity index is 1.51. The maximum absolute atomic E-state index is 6.01. The molecule has 0 bridgehead atoms. The minimum Gasteiger partial charge on any atom is -0.381 e. The van der Waals surface area contributed by atoms with Gasteiger partial charge in [-0.1, -0.05) is 6.07 Å².